The molecule has 0 saturated carbocycles. The maximum atomic E-state index is 5.46. The summed E-state index contributed by atoms with van der Waals surface area (Å²) in [5.74, 6) is 0. The fourth-order valence-corrected chi connectivity index (χ4v) is 5.24. The Hall–Kier alpha value is -2.52. The van der Waals surface area contributed by atoms with Crippen molar-refractivity contribution in [2.45, 2.75) is 37.9 Å². The number of benzene rings is 2. The molecule has 1 aromatic heterocycles. The molecule has 2 atom stereocenters. The van der Waals surface area contributed by atoms with Crippen LogP contribution in [0.2, 0.25) is 0 Å². The van der Waals surface area contributed by atoms with E-state index in [9.17, 15) is 0 Å². The molecule has 0 radical (unpaired) electrons. The van der Waals surface area contributed by atoms with Gasteiger partial charge in [-0.2, -0.15) is 0 Å². The van der Waals surface area contributed by atoms with Gasteiger partial charge in [-0.05, 0) is 42.0 Å². The first-order valence-corrected chi connectivity index (χ1v) is 9.85. The molecule has 0 amide bonds. The fourth-order valence-electron chi connectivity index (χ4n) is 5.24. The SMILES string of the molecule is COC=C1CCC2c3c(c4ccccc4n3C)CC1N2Cc1ccccc1. The van der Waals surface area contributed by atoms with Gasteiger partial charge in [0.15, 0.2) is 0 Å². The second-order valence-corrected chi connectivity index (χ2v) is 7.80. The van der Waals surface area contributed by atoms with Crippen molar-refractivity contribution in [1.82, 2.24) is 9.47 Å². The summed E-state index contributed by atoms with van der Waals surface area (Å²) in [7, 11) is 4.01. The lowest BCUT2D eigenvalue weighted by molar-refractivity contribution is 0.0879. The van der Waals surface area contributed by atoms with E-state index in [0.29, 0.717) is 12.1 Å². The zero-order valence-corrected chi connectivity index (χ0v) is 16.1. The van der Waals surface area contributed by atoms with Crippen LogP contribution in [0.3, 0.4) is 0 Å². The quantitative estimate of drug-likeness (QED) is 0.615. The minimum absolute atomic E-state index is 0.419. The van der Waals surface area contributed by atoms with Crippen LogP contribution in [0.15, 0.2) is 66.4 Å². The van der Waals surface area contributed by atoms with Crippen molar-refractivity contribution >= 4 is 10.9 Å². The van der Waals surface area contributed by atoms with E-state index in [4.69, 9.17) is 4.74 Å². The topological polar surface area (TPSA) is 17.4 Å². The van der Waals surface area contributed by atoms with E-state index in [1.54, 1.807) is 7.11 Å². The number of hydrogen-bond donors (Lipinski definition) is 0. The van der Waals surface area contributed by atoms with Crippen molar-refractivity contribution in [2.24, 2.45) is 7.05 Å². The Morgan fingerprint density at radius 2 is 1.81 bits per heavy atom. The average Bonchev–Trinajstić information content (AvgIpc) is 2.97. The van der Waals surface area contributed by atoms with Crippen molar-refractivity contribution in [3.8, 4) is 0 Å². The van der Waals surface area contributed by atoms with Gasteiger partial charge in [-0.1, -0.05) is 48.5 Å². The van der Waals surface area contributed by atoms with E-state index >= 15 is 0 Å². The number of fused-ring (bicyclic) bond motifs is 6. The summed E-state index contributed by atoms with van der Waals surface area (Å²) in [6, 6.07) is 20.6. The predicted molar refractivity (Wildman–Crippen MR) is 109 cm³/mol. The zero-order chi connectivity index (χ0) is 18.4. The van der Waals surface area contributed by atoms with Crippen molar-refractivity contribution < 1.29 is 4.74 Å². The van der Waals surface area contributed by atoms with Crippen LogP contribution in [0.25, 0.3) is 10.9 Å². The third-order valence-electron chi connectivity index (χ3n) is 6.39. The van der Waals surface area contributed by atoms with Crippen LogP contribution in [0.1, 0.15) is 35.7 Å². The Morgan fingerprint density at radius 1 is 1.04 bits per heavy atom. The largest absolute Gasteiger partial charge is 0.504 e. The highest BCUT2D eigenvalue weighted by Crippen LogP contribution is 2.47. The van der Waals surface area contributed by atoms with E-state index < -0.39 is 0 Å². The maximum Gasteiger partial charge on any atom is 0.0832 e. The summed E-state index contributed by atoms with van der Waals surface area (Å²) >= 11 is 0. The molecular weight excluding hydrogens is 332 g/mol. The van der Waals surface area contributed by atoms with Gasteiger partial charge in [-0.3, -0.25) is 4.90 Å². The molecule has 1 fully saturated rings. The first kappa shape index (κ1) is 16.6. The van der Waals surface area contributed by atoms with E-state index in [-0.39, 0.29) is 0 Å². The Bertz CT molecular complexity index is 1000. The smallest absolute Gasteiger partial charge is 0.0832 e. The number of ether oxygens (including phenoxy) is 1. The molecule has 1 saturated heterocycles. The highest BCUT2D eigenvalue weighted by atomic mass is 16.5. The molecule has 3 aromatic rings. The van der Waals surface area contributed by atoms with Crippen LogP contribution in [-0.2, 0) is 24.8 Å². The maximum absolute atomic E-state index is 5.46. The van der Waals surface area contributed by atoms with Gasteiger partial charge in [0.1, 0.15) is 0 Å². The summed E-state index contributed by atoms with van der Waals surface area (Å²) in [6.45, 7) is 0.984. The van der Waals surface area contributed by atoms with Gasteiger partial charge in [0.2, 0.25) is 0 Å². The Balaban J connectivity index is 1.65. The standard InChI is InChI=1S/C24H26N2O/c1-25-21-11-7-6-10-19(21)20-14-23-18(16-27-2)12-13-22(24(20)25)26(23)15-17-8-4-3-5-9-17/h3-11,16,22-23H,12-15H2,1-2H3. The van der Waals surface area contributed by atoms with Crippen LogP contribution in [0.5, 0.6) is 0 Å². The molecule has 3 heterocycles. The van der Waals surface area contributed by atoms with Crippen LogP contribution in [0, 0.1) is 0 Å². The lowest BCUT2D eigenvalue weighted by atomic mass is 9.79. The number of methoxy groups -OCH3 is 1. The summed E-state index contributed by atoms with van der Waals surface area (Å²) in [5, 5.41) is 1.42. The van der Waals surface area contributed by atoms with E-state index in [0.717, 1.165) is 25.8 Å². The van der Waals surface area contributed by atoms with Crippen LogP contribution in [0.4, 0.5) is 0 Å². The molecular formula is C24H26N2O. The number of nitrogens with zero attached hydrogens (tertiary/aromatic N) is 2. The summed E-state index contributed by atoms with van der Waals surface area (Å²) in [4.78, 5) is 2.70. The molecule has 2 aromatic carbocycles. The van der Waals surface area contributed by atoms with E-state index in [1.165, 1.54) is 33.3 Å². The third-order valence-corrected chi connectivity index (χ3v) is 6.39. The molecule has 2 bridgehead atoms. The third kappa shape index (κ3) is 2.61. The first-order valence-electron chi connectivity index (χ1n) is 9.85. The number of aromatic nitrogens is 1. The summed E-state index contributed by atoms with van der Waals surface area (Å²) in [5.41, 5.74) is 7.22. The predicted octanol–water partition coefficient (Wildman–Crippen LogP) is 4.97. The number of para-hydroxylation sites is 1. The number of piperidine rings is 1. The second-order valence-electron chi connectivity index (χ2n) is 7.80. The van der Waals surface area contributed by atoms with Gasteiger partial charge in [-0.25, -0.2) is 0 Å². The lowest BCUT2D eigenvalue weighted by Gasteiger charge is -2.47. The van der Waals surface area contributed by atoms with E-state index in [2.05, 4.69) is 71.1 Å². The van der Waals surface area contributed by atoms with Gasteiger partial charge >= 0.3 is 0 Å². The average molecular weight is 358 g/mol. The van der Waals surface area contributed by atoms with Gasteiger partial charge < -0.3 is 9.30 Å². The number of hydrogen-bond acceptors (Lipinski definition) is 2. The monoisotopic (exact) mass is 358 g/mol. The van der Waals surface area contributed by atoms with Crippen molar-refractivity contribution in [3.05, 3.63) is 83.3 Å². The van der Waals surface area contributed by atoms with Gasteiger partial charge in [0.25, 0.3) is 0 Å². The molecule has 27 heavy (non-hydrogen) atoms. The minimum Gasteiger partial charge on any atom is -0.504 e. The highest BCUT2D eigenvalue weighted by Gasteiger charge is 2.42. The Morgan fingerprint density at radius 3 is 2.63 bits per heavy atom. The number of rotatable bonds is 3. The van der Waals surface area contributed by atoms with Crippen LogP contribution in [-0.4, -0.2) is 22.6 Å². The molecule has 0 spiro atoms. The van der Waals surface area contributed by atoms with Crippen molar-refractivity contribution in [1.29, 1.82) is 0 Å². The van der Waals surface area contributed by atoms with Crippen molar-refractivity contribution in [3.63, 3.8) is 0 Å². The van der Waals surface area contributed by atoms with Gasteiger partial charge in [0.05, 0.1) is 19.4 Å². The molecule has 0 N–H and O–H groups in total. The first-order chi connectivity index (χ1) is 13.3. The molecule has 5 rings (SSSR count). The normalized spacial score (nSPS) is 23.6. The van der Waals surface area contributed by atoms with Gasteiger partial charge in [0, 0.05) is 36.2 Å². The summed E-state index contributed by atoms with van der Waals surface area (Å²) < 4.78 is 7.90. The number of aryl methyl sites for hydroxylation is 1. The molecule has 2 aliphatic rings. The highest BCUT2D eigenvalue weighted by molar-refractivity contribution is 5.86. The van der Waals surface area contributed by atoms with Crippen molar-refractivity contribution in [2.75, 3.05) is 7.11 Å². The van der Waals surface area contributed by atoms with Crippen LogP contribution >= 0.6 is 0 Å². The zero-order valence-electron chi connectivity index (χ0n) is 16.1. The lowest BCUT2D eigenvalue weighted by Crippen LogP contribution is -2.47. The summed E-state index contributed by atoms with van der Waals surface area (Å²) in [6.07, 6.45) is 5.33. The molecule has 3 nitrogen and oxygen atoms in total. The van der Waals surface area contributed by atoms with Gasteiger partial charge in [-0.15, -0.1) is 0 Å². The molecule has 2 unspecified atom stereocenters. The Kier molecular flexibility index (Phi) is 4.05. The molecule has 138 valence electrons. The molecule has 3 heteroatoms. The van der Waals surface area contributed by atoms with Crippen LogP contribution < -0.4 is 0 Å². The second kappa shape index (κ2) is 6.58. The van der Waals surface area contributed by atoms with E-state index in [1.807, 2.05) is 6.26 Å². The Labute approximate surface area is 160 Å². The molecule has 0 aliphatic carbocycles. The molecule has 2 aliphatic heterocycles. The minimum atomic E-state index is 0.419. The fraction of sp³-hybridized carbons (Fsp3) is 0.333.